The highest BCUT2D eigenvalue weighted by Crippen LogP contribution is 2.39. The standard InChI is InChI=1S/C20H27NO4S2/c1-14(2)26-20(13-24-4)18-12-16(25-5)8-11-19(18)21-27(22,23)17-9-6-15(3)7-10-17/h6-12,14,20-21H,13H2,1-5H3. The zero-order valence-corrected chi connectivity index (χ0v) is 18.0. The smallest absolute Gasteiger partial charge is 0.261 e. The molecule has 1 atom stereocenters. The van der Waals surface area contributed by atoms with E-state index in [2.05, 4.69) is 18.6 Å². The summed E-state index contributed by atoms with van der Waals surface area (Å²) >= 11 is 1.72. The number of hydrogen-bond donors (Lipinski definition) is 1. The summed E-state index contributed by atoms with van der Waals surface area (Å²) in [5, 5.41) is 0.332. The van der Waals surface area contributed by atoms with Gasteiger partial charge in [0.15, 0.2) is 0 Å². The fourth-order valence-electron chi connectivity index (χ4n) is 2.63. The lowest BCUT2D eigenvalue weighted by molar-refractivity contribution is 0.200. The molecule has 1 unspecified atom stereocenters. The maximum atomic E-state index is 12.8. The summed E-state index contributed by atoms with van der Waals surface area (Å²) in [4.78, 5) is 0.231. The number of methoxy groups -OCH3 is 2. The average Bonchev–Trinajstić information content (AvgIpc) is 2.61. The monoisotopic (exact) mass is 409 g/mol. The van der Waals surface area contributed by atoms with Crippen LogP contribution in [0, 0.1) is 6.92 Å². The van der Waals surface area contributed by atoms with E-state index in [0.29, 0.717) is 23.3 Å². The molecule has 0 radical (unpaired) electrons. The van der Waals surface area contributed by atoms with Crippen LogP contribution in [0.5, 0.6) is 5.75 Å². The van der Waals surface area contributed by atoms with Gasteiger partial charge in [0.2, 0.25) is 0 Å². The lowest BCUT2D eigenvalue weighted by atomic mass is 10.1. The first kappa shape index (κ1) is 21.6. The van der Waals surface area contributed by atoms with Crippen LogP contribution in [0.25, 0.3) is 0 Å². The summed E-state index contributed by atoms with van der Waals surface area (Å²) in [6, 6.07) is 12.1. The number of benzene rings is 2. The quantitative estimate of drug-likeness (QED) is 0.654. The molecule has 148 valence electrons. The molecule has 0 bridgehead atoms. The first-order chi connectivity index (χ1) is 12.8. The average molecular weight is 410 g/mol. The summed E-state index contributed by atoms with van der Waals surface area (Å²) in [5.41, 5.74) is 2.38. The number of nitrogens with one attached hydrogen (secondary N) is 1. The van der Waals surface area contributed by atoms with Crippen molar-refractivity contribution in [2.75, 3.05) is 25.5 Å². The fraction of sp³-hybridized carbons (Fsp3) is 0.400. The second-order valence-corrected chi connectivity index (χ2v) is 9.97. The van der Waals surface area contributed by atoms with Crippen LogP contribution >= 0.6 is 11.8 Å². The number of hydrogen-bond acceptors (Lipinski definition) is 5. The predicted octanol–water partition coefficient (Wildman–Crippen LogP) is 4.63. The summed E-state index contributed by atoms with van der Waals surface area (Å²) in [6.07, 6.45) is 0. The normalized spacial score (nSPS) is 12.8. The van der Waals surface area contributed by atoms with Crippen LogP contribution in [0.2, 0.25) is 0 Å². The Labute approximate surface area is 166 Å². The highest BCUT2D eigenvalue weighted by molar-refractivity contribution is 8.00. The number of aryl methyl sites for hydroxylation is 1. The minimum atomic E-state index is -3.69. The number of ether oxygens (including phenoxy) is 2. The number of anilines is 1. The summed E-state index contributed by atoms with van der Waals surface area (Å²) in [6.45, 7) is 6.59. The second-order valence-electron chi connectivity index (χ2n) is 6.50. The lowest BCUT2D eigenvalue weighted by Crippen LogP contribution is -2.16. The van der Waals surface area contributed by atoms with Crippen molar-refractivity contribution in [1.82, 2.24) is 0 Å². The van der Waals surface area contributed by atoms with E-state index >= 15 is 0 Å². The van der Waals surface area contributed by atoms with Crippen molar-refractivity contribution >= 4 is 27.5 Å². The van der Waals surface area contributed by atoms with E-state index in [9.17, 15) is 8.42 Å². The third-order valence-corrected chi connectivity index (χ3v) is 6.58. The minimum Gasteiger partial charge on any atom is -0.497 e. The van der Waals surface area contributed by atoms with Gasteiger partial charge in [-0.05, 0) is 48.1 Å². The van der Waals surface area contributed by atoms with E-state index in [4.69, 9.17) is 9.47 Å². The summed E-state index contributed by atoms with van der Waals surface area (Å²) in [5.74, 6) is 0.675. The van der Waals surface area contributed by atoms with Gasteiger partial charge in [-0.1, -0.05) is 31.5 Å². The molecule has 7 heteroatoms. The Balaban J connectivity index is 2.44. The van der Waals surface area contributed by atoms with Gasteiger partial charge in [0, 0.05) is 7.11 Å². The lowest BCUT2D eigenvalue weighted by Gasteiger charge is -2.22. The van der Waals surface area contributed by atoms with Crippen LogP contribution in [-0.2, 0) is 14.8 Å². The first-order valence-corrected chi connectivity index (χ1v) is 11.1. The van der Waals surface area contributed by atoms with Crippen LogP contribution in [0.3, 0.4) is 0 Å². The molecule has 0 aliphatic rings. The van der Waals surface area contributed by atoms with E-state index in [1.54, 1.807) is 62.4 Å². The van der Waals surface area contributed by atoms with Crippen LogP contribution in [0.15, 0.2) is 47.4 Å². The Hall–Kier alpha value is -1.70. The molecule has 1 N–H and O–H groups in total. The topological polar surface area (TPSA) is 64.6 Å². The maximum Gasteiger partial charge on any atom is 0.261 e. The van der Waals surface area contributed by atoms with Gasteiger partial charge in [-0.2, -0.15) is 0 Å². The Kier molecular flexibility index (Phi) is 7.59. The van der Waals surface area contributed by atoms with E-state index in [1.807, 2.05) is 13.0 Å². The Morgan fingerprint density at radius 1 is 1.07 bits per heavy atom. The summed E-state index contributed by atoms with van der Waals surface area (Å²) < 4.78 is 39.1. The molecule has 0 aromatic heterocycles. The Morgan fingerprint density at radius 2 is 1.74 bits per heavy atom. The van der Waals surface area contributed by atoms with Gasteiger partial charge < -0.3 is 9.47 Å². The number of thioether (sulfide) groups is 1. The highest BCUT2D eigenvalue weighted by Gasteiger charge is 2.22. The van der Waals surface area contributed by atoms with Gasteiger partial charge >= 0.3 is 0 Å². The number of rotatable bonds is 9. The van der Waals surface area contributed by atoms with E-state index in [1.165, 1.54) is 0 Å². The van der Waals surface area contributed by atoms with Crippen molar-refractivity contribution in [3.05, 3.63) is 53.6 Å². The Morgan fingerprint density at radius 3 is 2.30 bits per heavy atom. The molecule has 2 rings (SSSR count). The predicted molar refractivity (Wildman–Crippen MR) is 112 cm³/mol. The molecule has 0 aliphatic carbocycles. The maximum absolute atomic E-state index is 12.8. The summed E-state index contributed by atoms with van der Waals surface area (Å²) in [7, 11) is -0.453. The van der Waals surface area contributed by atoms with Gasteiger partial charge in [0.1, 0.15) is 5.75 Å². The minimum absolute atomic E-state index is 0.0270. The van der Waals surface area contributed by atoms with Crippen LogP contribution < -0.4 is 9.46 Å². The molecule has 0 heterocycles. The fourth-order valence-corrected chi connectivity index (χ4v) is 4.93. The Bertz CT molecular complexity index is 849. The molecule has 2 aromatic carbocycles. The molecule has 0 aliphatic heterocycles. The van der Waals surface area contributed by atoms with E-state index in [0.717, 1.165) is 11.1 Å². The van der Waals surface area contributed by atoms with Crippen molar-refractivity contribution in [3.63, 3.8) is 0 Å². The molecule has 0 fully saturated rings. The molecule has 27 heavy (non-hydrogen) atoms. The third kappa shape index (κ3) is 5.89. The molecule has 5 nitrogen and oxygen atoms in total. The molecule has 0 saturated heterocycles. The molecular formula is C20H27NO4S2. The molecule has 0 saturated carbocycles. The molecule has 0 spiro atoms. The van der Waals surface area contributed by atoms with Gasteiger partial charge in [-0.15, -0.1) is 11.8 Å². The van der Waals surface area contributed by atoms with Crippen molar-refractivity contribution in [3.8, 4) is 5.75 Å². The molecular weight excluding hydrogens is 382 g/mol. The first-order valence-electron chi connectivity index (χ1n) is 8.68. The van der Waals surface area contributed by atoms with Gasteiger partial charge in [-0.3, -0.25) is 4.72 Å². The largest absolute Gasteiger partial charge is 0.497 e. The highest BCUT2D eigenvalue weighted by atomic mass is 32.2. The van der Waals surface area contributed by atoms with E-state index < -0.39 is 10.0 Å². The van der Waals surface area contributed by atoms with Crippen molar-refractivity contribution in [2.24, 2.45) is 0 Å². The van der Waals surface area contributed by atoms with Crippen LogP contribution in [-0.4, -0.2) is 34.5 Å². The van der Waals surface area contributed by atoms with Gasteiger partial charge in [0.25, 0.3) is 10.0 Å². The molecule has 2 aromatic rings. The van der Waals surface area contributed by atoms with Crippen LogP contribution in [0.4, 0.5) is 5.69 Å². The van der Waals surface area contributed by atoms with E-state index in [-0.39, 0.29) is 10.1 Å². The molecule has 0 amide bonds. The zero-order chi connectivity index (χ0) is 20.0. The van der Waals surface area contributed by atoms with Crippen molar-refractivity contribution in [2.45, 2.75) is 36.2 Å². The van der Waals surface area contributed by atoms with Crippen molar-refractivity contribution < 1.29 is 17.9 Å². The van der Waals surface area contributed by atoms with Crippen molar-refractivity contribution in [1.29, 1.82) is 0 Å². The SMILES string of the molecule is COCC(SC(C)C)c1cc(OC)ccc1NS(=O)(=O)c1ccc(C)cc1. The van der Waals surface area contributed by atoms with Crippen LogP contribution in [0.1, 0.15) is 30.2 Å². The number of sulfonamides is 1. The second kappa shape index (κ2) is 9.48. The van der Waals surface area contributed by atoms with Gasteiger partial charge in [0.05, 0.1) is 29.5 Å². The third-order valence-electron chi connectivity index (χ3n) is 3.94. The van der Waals surface area contributed by atoms with Gasteiger partial charge in [-0.25, -0.2) is 8.42 Å². The zero-order valence-electron chi connectivity index (χ0n) is 16.4.